The molecule has 0 aliphatic carbocycles. The van der Waals surface area contributed by atoms with Crippen molar-refractivity contribution < 1.29 is 150 Å². The average molecular weight is 290 g/mol. The Morgan fingerprint density at radius 2 is 0.867 bits per heavy atom. The summed E-state index contributed by atoms with van der Waals surface area (Å²) < 4.78 is 11.0. The molecule has 0 aliphatic rings. The van der Waals surface area contributed by atoms with Crippen LogP contribution in [0.4, 0.5) is 0 Å². The van der Waals surface area contributed by atoms with Gasteiger partial charge in [-0.3, -0.25) is 0 Å². The molecule has 68 valence electrons. The summed E-state index contributed by atoms with van der Waals surface area (Å²) in [7, 11) is -8.48. The maximum Gasteiger partial charge on any atom is 1.00 e. The van der Waals surface area contributed by atoms with Crippen molar-refractivity contribution in [3.8, 4) is 0 Å². The van der Waals surface area contributed by atoms with E-state index in [1.807, 2.05) is 0 Å². The summed E-state index contributed by atoms with van der Waals surface area (Å²) in [6, 6.07) is 0. The molecule has 0 heterocycles. The number of rotatable bonds is 4. The molecule has 0 bridgehead atoms. The normalized spacial score (nSPS) is 10.0. The van der Waals surface area contributed by atoms with Gasteiger partial charge in [-0.2, -0.15) is 0 Å². The van der Waals surface area contributed by atoms with Gasteiger partial charge in [0.05, 0.1) is 0 Å². The topological polar surface area (TPSA) is 120 Å². The first-order chi connectivity index (χ1) is 4.83. The average Bonchev–Trinajstić information content (AvgIpc) is 1.86. The van der Waals surface area contributed by atoms with E-state index >= 15 is 0 Å². The van der Waals surface area contributed by atoms with Gasteiger partial charge < -0.3 is 32.1 Å². The summed E-state index contributed by atoms with van der Waals surface area (Å²) >= 11 is 0. The van der Waals surface area contributed by atoms with Crippen LogP contribution >= 0.6 is 0 Å². The Bertz CT molecular complexity index is 122. The number of hydrogen-bond donors (Lipinski definition) is 0. The molecule has 0 aromatic rings. The second-order valence-electron chi connectivity index (χ2n) is 1.51. The zero-order valence-electron chi connectivity index (χ0n) is 9.86. The van der Waals surface area contributed by atoms with Crippen LogP contribution in [0.25, 0.3) is 0 Å². The number of hydrogen-bond acceptors (Lipinski definition) is 7. The van der Waals surface area contributed by atoms with E-state index in [4.69, 9.17) is 0 Å². The largest absolute Gasteiger partial charge is 1.00 e. The second-order valence-corrected chi connectivity index (χ2v) is 5.14. The molecule has 0 saturated carbocycles. The van der Waals surface area contributed by atoms with E-state index in [1.54, 1.807) is 0 Å². The van der Waals surface area contributed by atoms with Crippen LogP contribution in [0.2, 0.25) is 0 Å². The van der Waals surface area contributed by atoms with Crippen LogP contribution in [0, 0.1) is 0 Å². The predicted octanol–water partition coefficient (Wildman–Crippen LogP) is -17.4. The van der Waals surface area contributed by atoms with E-state index in [0.717, 1.165) is 14.2 Å². The molecule has 0 aliphatic heterocycles. The zero-order chi connectivity index (χ0) is 9.12. The minimum atomic E-state index is -5.02. The molecular weight excluding hydrogens is 284 g/mol. The van der Waals surface area contributed by atoms with Gasteiger partial charge in [-0.15, -0.1) is 0 Å². The van der Waals surface area contributed by atoms with E-state index in [0.29, 0.717) is 0 Å². The molecule has 0 amide bonds. The quantitative estimate of drug-likeness (QED) is 0.471. The van der Waals surface area contributed by atoms with E-state index < -0.39 is 18.1 Å². The van der Waals surface area contributed by atoms with E-state index in [-0.39, 0.29) is 118 Å². The van der Waals surface area contributed by atoms with Crippen LogP contribution in [-0.2, 0) is 13.0 Å². The molecule has 0 spiro atoms. The first-order valence-electron chi connectivity index (χ1n) is 2.45. The Labute approximate surface area is 179 Å². The summed E-state index contributed by atoms with van der Waals surface area (Å²) in [5, 5.41) is 0. The van der Waals surface area contributed by atoms with Crippen LogP contribution in [0.15, 0.2) is 0 Å². The molecule has 0 fully saturated rings. The third-order valence-corrected chi connectivity index (χ3v) is 3.75. The van der Waals surface area contributed by atoms with Gasteiger partial charge in [-0.25, -0.2) is 0 Å². The smallest absolute Gasteiger partial charge is 0.829 e. The molecule has 0 atom stereocenters. The van der Waals surface area contributed by atoms with Gasteiger partial charge in [0.1, 0.15) is 18.1 Å². The van der Waals surface area contributed by atoms with Crippen LogP contribution in [0.1, 0.15) is 0 Å². The Morgan fingerprint density at radius 1 is 0.667 bits per heavy atom. The molecule has 0 unspecified atom stereocenters. The molecule has 13 heteroatoms. The van der Waals surface area contributed by atoms with Gasteiger partial charge in [0.25, 0.3) is 0 Å². The van der Waals surface area contributed by atoms with Gasteiger partial charge in [0.2, 0.25) is 0 Å². The fourth-order valence-electron chi connectivity index (χ4n) is 0.236. The molecule has 0 N–H and O–H groups in total. The Kier molecular flexibility index (Phi) is 30.6. The molecule has 0 aromatic heterocycles. The first kappa shape index (κ1) is 31.5. The van der Waals surface area contributed by atoms with Crippen molar-refractivity contribution >= 4 is 18.1 Å². The molecular formula is C2H6Na4O7Si2. The molecule has 0 saturated heterocycles. The van der Waals surface area contributed by atoms with E-state index in [9.17, 15) is 19.2 Å². The summed E-state index contributed by atoms with van der Waals surface area (Å²) in [4.78, 5) is 41.4. The Balaban J connectivity index is -0.0000000833. The monoisotopic (exact) mass is 290 g/mol. The van der Waals surface area contributed by atoms with Crippen molar-refractivity contribution in [2.24, 2.45) is 0 Å². The third kappa shape index (κ3) is 18.2. The zero-order valence-corrected chi connectivity index (χ0v) is 19.9. The minimum Gasteiger partial charge on any atom is -0.829 e. The first-order valence-corrected chi connectivity index (χ1v) is 5.72. The van der Waals surface area contributed by atoms with Crippen molar-refractivity contribution in [2.45, 2.75) is 0 Å². The van der Waals surface area contributed by atoms with Crippen LogP contribution in [0.3, 0.4) is 0 Å². The summed E-state index contributed by atoms with van der Waals surface area (Å²) in [5.74, 6) is 0. The SMILES string of the molecule is CO[Si]([O-])([O-])O[Si]([O-])([O-])OC.[Na+].[Na+].[Na+].[Na+]. The van der Waals surface area contributed by atoms with Gasteiger partial charge in [0.15, 0.2) is 0 Å². The van der Waals surface area contributed by atoms with E-state index in [2.05, 4.69) is 13.0 Å². The maximum atomic E-state index is 10.3. The van der Waals surface area contributed by atoms with Gasteiger partial charge >= 0.3 is 118 Å². The summed E-state index contributed by atoms with van der Waals surface area (Å²) in [6.07, 6.45) is 0. The fourth-order valence-corrected chi connectivity index (χ4v) is 2.13. The molecule has 0 rings (SSSR count). The van der Waals surface area contributed by atoms with Crippen molar-refractivity contribution in [1.82, 2.24) is 0 Å². The van der Waals surface area contributed by atoms with Crippen LogP contribution in [0.5, 0.6) is 0 Å². The van der Waals surface area contributed by atoms with Crippen LogP contribution < -0.4 is 137 Å². The van der Waals surface area contributed by atoms with Crippen molar-refractivity contribution in [1.29, 1.82) is 0 Å². The molecule has 7 nitrogen and oxygen atoms in total. The second kappa shape index (κ2) is 14.6. The van der Waals surface area contributed by atoms with Gasteiger partial charge in [-0.1, -0.05) is 0 Å². The summed E-state index contributed by atoms with van der Waals surface area (Å²) in [6.45, 7) is 0. The van der Waals surface area contributed by atoms with Crippen LogP contribution in [-0.4, -0.2) is 32.3 Å². The van der Waals surface area contributed by atoms with Gasteiger partial charge in [0, 0.05) is 14.2 Å². The molecule has 0 radical (unpaired) electrons. The minimum absolute atomic E-state index is 0. The Morgan fingerprint density at radius 3 is 1.00 bits per heavy atom. The standard InChI is InChI=1S/C2H6O7Si2.4Na/c1-7-10(3,4)9-11(5,6)8-2;;;;/h1-2H3;;;;/q-4;4*+1. The fraction of sp³-hybridized carbons (Fsp3) is 1.00. The molecule has 15 heavy (non-hydrogen) atoms. The Hall–Kier alpha value is 4.15. The maximum absolute atomic E-state index is 10.3. The summed E-state index contributed by atoms with van der Waals surface area (Å²) in [5.41, 5.74) is 0. The van der Waals surface area contributed by atoms with Gasteiger partial charge in [-0.05, 0) is 0 Å². The molecule has 0 aromatic carbocycles. The van der Waals surface area contributed by atoms with Crippen molar-refractivity contribution in [3.05, 3.63) is 0 Å². The predicted molar refractivity (Wildman–Crippen MR) is 26.6 cm³/mol. The van der Waals surface area contributed by atoms with E-state index in [1.165, 1.54) is 0 Å². The van der Waals surface area contributed by atoms with Crippen molar-refractivity contribution in [3.63, 3.8) is 0 Å². The van der Waals surface area contributed by atoms with Crippen molar-refractivity contribution in [2.75, 3.05) is 14.2 Å². The third-order valence-electron chi connectivity index (χ3n) is 0.750.